The molecule has 9 heteroatoms. The number of methoxy groups -OCH3 is 1. The standard InChI is InChI=1S/C29H41N3O5S/c1-22-15-17-24(18-16-22)21-31(23(2)29(34)30-25-10-6-5-7-11-25)28(33)14-9-19-32(38(4,35)36)26-12-8-13-27(20-26)37-3/h8,12-13,15-18,20,23,25H,5-7,9-11,14,19,21H2,1-4H3,(H,30,34). The van der Waals surface area contributed by atoms with E-state index in [1.54, 1.807) is 36.1 Å². The molecule has 1 aliphatic carbocycles. The quantitative estimate of drug-likeness (QED) is 0.428. The van der Waals surface area contributed by atoms with Gasteiger partial charge in [-0.25, -0.2) is 8.42 Å². The summed E-state index contributed by atoms with van der Waals surface area (Å²) in [6.07, 6.45) is 6.92. The second-order valence-electron chi connectivity index (χ2n) is 10.2. The summed E-state index contributed by atoms with van der Waals surface area (Å²) in [6.45, 7) is 4.22. The minimum atomic E-state index is -3.57. The smallest absolute Gasteiger partial charge is 0.242 e. The Morgan fingerprint density at radius 3 is 2.39 bits per heavy atom. The molecule has 0 heterocycles. The minimum absolute atomic E-state index is 0.114. The summed E-state index contributed by atoms with van der Waals surface area (Å²) >= 11 is 0. The number of hydrogen-bond acceptors (Lipinski definition) is 5. The van der Waals surface area contributed by atoms with Crippen molar-refractivity contribution < 1.29 is 22.7 Å². The summed E-state index contributed by atoms with van der Waals surface area (Å²) in [4.78, 5) is 28.2. The highest BCUT2D eigenvalue weighted by Crippen LogP contribution is 2.24. The Hall–Kier alpha value is -3.07. The SMILES string of the molecule is COc1cccc(N(CCCC(=O)N(Cc2ccc(C)cc2)C(C)C(=O)NC2CCCCC2)S(C)(=O)=O)c1. The Morgan fingerprint density at radius 2 is 1.76 bits per heavy atom. The van der Waals surface area contributed by atoms with Crippen molar-refractivity contribution in [3.63, 3.8) is 0 Å². The van der Waals surface area contributed by atoms with Crippen LogP contribution >= 0.6 is 0 Å². The zero-order chi connectivity index (χ0) is 27.7. The van der Waals surface area contributed by atoms with Crippen LogP contribution in [0.5, 0.6) is 5.75 Å². The third kappa shape index (κ3) is 8.48. The van der Waals surface area contributed by atoms with Gasteiger partial charge in [0, 0.05) is 31.6 Å². The van der Waals surface area contributed by atoms with Crippen molar-refractivity contribution in [2.24, 2.45) is 0 Å². The molecule has 3 rings (SSSR count). The minimum Gasteiger partial charge on any atom is -0.497 e. The van der Waals surface area contributed by atoms with E-state index in [4.69, 9.17) is 4.74 Å². The summed E-state index contributed by atoms with van der Waals surface area (Å²) in [6, 6.07) is 14.3. The van der Waals surface area contributed by atoms with Crippen molar-refractivity contribution in [2.45, 2.75) is 77.4 Å². The third-order valence-electron chi connectivity index (χ3n) is 7.09. The van der Waals surface area contributed by atoms with E-state index in [1.165, 1.54) is 17.8 Å². The number of nitrogens with one attached hydrogen (secondary N) is 1. The summed E-state index contributed by atoms with van der Waals surface area (Å²) in [5.41, 5.74) is 2.54. The van der Waals surface area contributed by atoms with Gasteiger partial charge in [0.2, 0.25) is 21.8 Å². The topological polar surface area (TPSA) is 96.0 Å². The number of carbonyl (C=O) groups is 2. The highest BCUT2D eigenvalue weighted by Gasteiger charge is 2.28. The van der Waals surface area contributed by atoms with E-state index in [9.17, 15) is 18.0 Å². The van der Waals surface area contributed by atoms with Gasteiger partial charge in [0.25, 0.3) is 0 Å². The Labute approximate surface area is 227 Å². The first-order valence-electron chi connectivity index (χ1n) is 13.4. The van der Waals surface area contributed by atoms with Crippen LogP contribution in [-0.2, 0) is 26.2 Å². The van der Waals surface area contributed by atoms with Gasteiger partial charge in [0.1, 0.15) is 11.8 Å². The number of benzene rings is 2. The summed E-state index contributed by atoms with van der Waals surface area (Å²) in [5.74, 6) is 0.219. The fraction of sp³-hybridized carbons (Fsp3) is 0.517. The molecule has 38 heavy (non-hydrogen) atoms. The third-order valence-corrected chi connectivity index (χ3v) is 8.28. The van der Waals surface area contributed by atoms with E-state index in [-0.39, 0.29) is 30.8 Å². The van der Waals surface area contributed by atoms with Crippen LogP contribution in [0.1, 0.15) is 63.0 Å². The van der Waals surface area contributed by atoms with Gasteiger partial charge < -0.3 is 15.0 Å². The molecule has 2 aromatic rings. The Morgan fingerprint density at radius 1 is 1.08 bits per heavy atom. The fourth-order valence-electron chi connectivity index (χ4n) is 4.81. The van der Waals surface area contributed by atoms with Crippen molar-refractivity contribution in [1.82, 2.24) is 10.2 Å². The lowest BCUT2D eigenvalue weighted by atomic mass is 9.95. The van der Waals surface area contributed by atoms with Crippen LogP contribution in [0.15, 0.2) is 48.5 Å². The molecule has 8 nitrogen and oxygen atoms in total. The van der Waals surface area contributed by atoms with E-state index in [1.807, 2.05) is 31.2 Å². The molecule has 2 aromatic carbocycles. The first-order chi connectivity index (χ1) is 18.1. The summed E-state index contributed by atoms with van der Waals surface area (Å²) in [5, 5.41) is 3.14. The lowest BCUT2D eigenvalue weighted by Gasteiger charge is -2.31. The Bertz CT molecular complexity index is 1180. The van der Waals surface area contributed by atoms with Gasteiger partial charge in [-0.15, -0.1) is 0 Å². The van der Waals surface area contributed by atoms with Gasteiger partial charge in [-0.3, -0.25) is 13.9 Å². The van der Waals surface area contributed by atoms with E-state index in [0.717, 1.165) is 43.1 Å². The van der Waals surface area contributed by atoms with Crippen LogP contribution in [0.25, 0.3) is 0 Å². The number of carbonyl (C=O) groups excluding carboxylic acids is 2. The predicted molar refractivity (Wildman–Crippen MR) is 151 cm³/mol. The van der Waals surface area contributed by atoms with E-state index >= 15 is 0 Å². The first-order valence-corrected chi connectivity index (χ1v) is 15.2. The number of amides is 2. The largest absolute Gasteiger partial charge is 0.497 e. The highest BCUT2D eigenvalue weighted by atomic mass is 32.2. The number of sulfonamides is 1. The molecular weight excluding hydrogens is 502 g/mol. The first kappa shape index (κ1) is 29.5. The Kier molecular flexibility index (Phi) is 10.6. The second-order valence-corrected chi connectivity index (χ2v) is 12.1. The van der Waals surface area contributed by atoms with Crippen LogP contribution in [0.4, 0.5) is 5.69 Å². The molecule has 1 unspecified atom stereocenters. The van der Waals surface area contributed by atoms with Gasteiger partial charge in [0.15, 0.2) is 0 Å². The van der Waals surface area contributed by atoms with Crippen molar-refractivity contribution in [3.05, 3.63) is 59.7 Å². The van der Waals surface area contributed by atoms with Gasteiger partial charge >= 0.3 is 0 Å². The molecule has 0 radical (unpaired) electrons. The van der Waals surface area contributed by atoms with Crippen LogP contribution < -0.4 is 14.4 Å². The average molecular weight is 544 g/mol. The number of hydrogen-bond donors (Lipinski definition) is 1. The predicted octanol–water partition coefficient (Wildman–Crippen LogP) is 4.42. The highest BCUT2D eigenvalue weighted by molar-refractivity contribution is 7.92. The van der Waals surface area contributed by atoms with Crippen molar-refractivity contribution in [1.29, 1.82) is 0 Å². The van der Waals surface area contributed by atoms with E-state index in [0.29, 0.717) is 24.4 Å². The lowest BCUT2D eigenvalue weighted by Crippen LogP contribution is -2.50. The van der Waals surface area contributed by atoms with Crippen molar-refractivity contribution in [3.8, 4) is 5.75 Å². The van der Waals surface area contributed by atoms with Crippen molar-refractivity contribution >= 4 is 27.5 Å². The average Bonchev–Trinajstić information content (AvgIpc) is 2.90. The normalized spacial score (nSPS) is 14.9. The van der Waals surface area contributed by atoms with Crippen molar-refractivity contribution in [2.75, 3.05) is 24.2 Å². The molecule has 208 valence electrons. The van der Waals surface area contributed by atoms with Gasteiger partial charge in [-0.1, -0.05) is 55.2 Å². The number of nitrogens with zero attached hydrogens (tertiary/aromatic N) is 2. The maximum atomic E-state index is 13.5. The molecule has 2 amide bonds. The molecule has 1 aliphatic rings. The summed E-state index contributed by atoms with van der Waals surface area (Å²) < 4.78 is 31.6. The Balaban J connectivity index is 1.71. The van der Waals surface area contributed by atoms with Crippen LogP contribution in [0.3, 0.4) is 0 Å². The number of aryl methyl sites for hydroxylation is 1. The molecule has 0 spiro atoms. The monoisotopic (exact) mass is 543 g/mol. The van der Waals surface area contributed by atoms with Gasteiger partial charge in [-0.2, -0.15) is 0 Å². The lowest BCUT2D eigenvalue weighted by molar-refractivity contribution is -0.141. The molecule has 0 aromatic heterocycles. The number of ether oxygens (including phenoxy) is 1. The van der Waals surface area contributed by atoms with Gasteiger partial charge in [-0.05, 0) is 50.8 Å². The van der Waals surface area contributed by atoms with Crippen LogP contribution in [-0.4, -0.2) is 57.1 Å². The molecule has 0 saturated heterocycles. The van der Waals surface area contributed by atoms with E-state index < -0.39 is 16.1 Å². The maximum Gasteiger partial charge on any atom is 0.242 e. The van der Waals surface area contributed by atoms with Gasteiger partial charge in [0.05, 0.1) is 19.1 Å². The molecule has 0 aliphatic heterocycles. The second kappa shape index (κ2) is 13.6. The molecular formula is C29H41N3O5S. The van der Waals surface area contributed by atoms with Crippen LogP contribution in [0.2, 0.25) is 0 Å². The number of rotatable bonds is 12. The summed E-state index contributed by atoms with van der Waals surface area (Å²) in [7, 11) is -2.05. The van der Waals surface area contributed by atoms with E-state index in [2.05, 4.69) is 5.32 Å². The zero-order valence-electron chi connectivity index (χ0n) is 23.0. The molecule has 1 N–H and O–H groups in total. The van der Waals surface area contributed by atoms with Crippen LogP contribution in [0, 0.1) is 6.92 Å². The molecule has 0 bridgehead atoms. The molecule has 1 atom stereocenters. The fourth-order valence-corrected chi connectivity index (χ4v) is 5.77. The molecule has 1 saturated carbocycles. The maximum absolute atomic E-state index is 13.5. The zero-order valence-corrected chi connectivity index (χ0v) is 23.8. The number of anilines is 1. The molecule has 1 fully saturated rings.